The number of nitrogens with one attached hydrogen (secondary N) is 3. The number of ether oxygens (including phenoxy) is 1. The van der Waals surface area contributed by atoms with Gasteiger partial charge in [-0.15, -0.1) is 11.3 Å². The molecule has 11 heteroatoms. The van der Waals surface area contributed by atoms with Crippen LogP contribution in [0.1, 0.15) is 28.5 Å². The molecule has 0 radical (unpaired) electrons. The molecule has 3 aromatic rings. The highest BCUT2D eigenvalue weighted by Gasteiger charge is 2.14. The molecule has 0 bridgehead atoms. The maximum Gasteiger partial charge on any atom is 0.272 e. The fourth-order valence-corrected chi connectivity index (χ4v) is 4.47. The maximum atomic E-state index is 12.9. The summed E-state index contributed by atoms with van der Waals surface area (Å²) >= 11 is 13.5. The largest absolute Gasteiger partial charge is 0.483 e. The first-order valence-corrected chi connectivity index (χ1v) is 12.5. The highest BCUT2D eigenvalue weighted by Crippen LogP contribution is 2.23. The number of rotatable bonds is 11. The Hall–Kier alpha value is -3.01. The SMILES string of the molecule is CCNC(=O)COc1ccc(Cl)cc1CNC(=O)Cc1c(C)ccn(NCc2ccc(Cl)s2)c1=O. The number of carbonyl (C=O) groups is 2. The lowest BCUT2D eigenvalue weighted by molar-refractivity contribution is -0.123. The van der Waals surface area contributed by atoms with Crippen molar-refractivity contribution in [3.05, 3.63) is 83.9 Å². The van der Waals surface area contributed by atoms with E-state index in [2.05, 4.69) is 16.1 Å². The number of hydrogen-bond acceptors (Lipinski definition) is 6. The van der Waals surface area contributed by atoms with Crippen molar-refractivity contribution >= 4 is 46.4 Å². The first-order chi connectivity index (χ1) is 16.8. The molecular weight excluding hydrogens is 511 g/mol. The van der Waals surface area contributed by atoms with E-state index in [1.54, 1.807) is 43.5 Å². The number of amides is 2. The number of hydrogen-bond donors (Lipinski definition) is 3. The lowest BCUT2D eigenvalue weighted by Gasteiger charge is -2.14. The van der Waals surface area contributed by atoms with Crippen LogP contribution in [0.2, 0.25) is 9.36 Å². The molecule has 0 unspecified atom stereocenters. The first-order valence-electron chi connectivity index (χ1n) is 10.9. The zero-order valence-electron chi connectivity index (χ0n) is 19.3. The number of aromatic nitrogens is 1. The van der Waals surface area contributed by atoms with E-state index in [9.17, 15) is 14.4 Å². The van der Waals surface area contributed by atoms with E-state index >= 15 is 0 Å². The molecule has 0 aliphatic heterocycles. The Bertz CT molecular complexity index is 1260. The predicted molar refractivity (Wildman–Crippen MR) is 139 cm³/mol. The Morgan fingerprint density at radius 3 is 2.57 bits per heavy atom. The van der Waals surface area contributed by atoms with Crippen LogP contribution in [0.4, 0.5) is 0 Å². The van der Waals surface area contributed by atoms with E-state index in [-0.39, 0.29) is 36.9 Å². The molecule has 3 N–H and O–H groups in total. The number of benzene rings is 1. The fraction of sp³-hybridized carbons (Fsp3) is 0.292. The van der Waals surface area contributed by atoms with Crippen LogP contribution in [0.5, 0.6) is 5.75 Å². The Labute approximate surface area is 217 Å². The van der Waals surface area contributed by atoms with E-state index in [0.29, 0.717) is 39.3 Å². The standard InChI is InChI=1S/C24H26Cl2N4O4S/c1-3-27-23(32)14-34-20-6-4-17(25)10-16(20)12-28-22(31)11-19-15(2)8-9-30(24(19)33)29-13-18-5-7-21(26)35-18/h4-10,29H,3,11-14H2,1-2H3,(H,27,32)(H,28,31). The summed E-state index contributed by atoms with van der Waals surface area (Å²) < 4.78 is 7.63. The molecule has 186 valence electrons. The van der Waals surface area contributed by atoms with Crippen LogP contribution in [0, 0.1) is 6.92 Å². The van der Waals surface area contributed by atoms with E-state index in [1.807, 2.05) is 13.0 Å². The zero-order valence-corrected chi connectivity index (χ0v) is 21.6. The summed E-state index contributed by atoms with van der Waals surface area (Å²) in [6, 6.07) is 10.4. The van der Waals surface area contributed by atoms with E-state index in [0.717, 1.165) is 10.4 Å². The van der Waals surface area contributed by atoms with Gasteiger partial charge in [0.15, 0.2) is 6.61 Å². The minimum absolute atomic E-state index is 0.0896. The van der Waals surface area contributed by atoms with Gasteiger partial charge >= 0.3 is 0 Å². The highest BCUT2D eigenvalue weighted by molar-refractivity contribution is 7.16. The Morgan fingerprint density at radius 1 is 1.06 bits per heavy atom. The molecule has 2 heterocycles. The first kappa shape index (κ1) is 26.6. The Balaban J connectivity index is 1.64. The molecule has 35 heavy (non-hydrogen) atoms. The molecule has 2 amide bonds. The van der Waals surface area contributed by atoms with Crippen molar-refractivity contribution in [1.29, 1.82) is 0 Å². The molecule has 0 aliphatic carbocycles. The van der Waals surface area contributed by atoms with Gasteiger partial charge in [0.2, 0.25) is 5.91 Å². The van der Waals surface area contributed by atoms with Gasteiger partial charge in [0.25, 0.3) is 11.5 Å². The summed E-state index contributed by atoms with van der Waals surface area (Å²) in [5, 5.41) is 5.93. The number of likely N-dealkylation sites (N-methyl/N-ethyl adjacent to an activating group) is 1. The second kappa shape index (κ2) is 12.6. The monoisotopic (exact) mass is 536 g/mol. The average molecular weight is 537 g/mol. The minimum Gasteiger partial charge on any atom is -0.483 e. The summed E-state index contributed by atoms with van der Waals surface area (Å²) in [7, 11) is 0. The summed E-state index contributed by atoms with van der Waals surface area (Å²) in [6.07, 6.45) is 1.55. The van der Waals surface area contributed by atoms with Gasteiger partial charge in [-0.1, -0.05) is 23.2 Å². The predicted octanol–water partition coefficient (Wildman–Crippen LogP) is 3.64. The second-order valence-electron chi connectivity index (χ2n) is 7.64. The van der Waals surface area contributed by atoms with Crippen LogP contribution in [0.25, 0.3) is 0 Å². The number of pyridine rings is 1. The van der Waals surface area contributed by atoms with Gasteiger partial charge in [-0.3, -0.25) is 14.4 Å². The maximum absolute atomic E-state index is 12.9. The summed E-state index contributed by atoms with van der Waals surface area (Å²) in [5.41, 5.74) is 4.48. The molecule has 0 saturated carbocycles. The molecular formula is C24H26Cl2N4O4S. The third kappa shape index (κ3) is 7.74. The van der Waals surface area contributed by atoms with Gasteiger partial charge in [-0.2, -0.15) is 0 Å². The average Bonchev–Trinajstić information content (AvgIpc) is 3.24. The van der Waals surface area contributed by atoms with E-state index in [1.165, 1.54) is 16.0 Å². The van der Waals surface area contributed by atoms with Crippen molar-refractivity contribution in [3.63, 3.8) is 0 Å². The highest BCUT2D eigenvalue weighted by atomic mass is 35.5. The minimum atomic E-state index is -0.331. The quantitative estimate of drug-likeness (QED) is 0.347. The van der Waals surface area contributed by atoms with Crippen LogP contribution >= 0.6 is 34.5 Å². The van der Waals surface area contributed by atoms with Crippen LogP contribution in [-0.2, 0) is 29.1 Å². The van der Waals surface area contributed by atoms with Crippen molar-refractivity contribution in [2.75, 3.05) is 18.6 Å². The van der Waals surface area contributed by atoms with Gasteiger partial charge in [-0.25, -0.2) is 4.68 Å². The van der Waals surface area contributed by atoms with Gasteiger partial charge in [0.05, 0.1) is 17.3 Å². The molecule has 0 aliphatic rings. The van der Waals surface area contributed by atoms with Crippen molar-refractivity contribution in [3.8, 4) is 5.75 Å². The Morgan fingerprint density at radius 2 is 1.86 bits per heavy atom. The summed E-state index contributed by atoms with van der Waals surface area (Å²) in [5.74, 6) is -0.135. The lowest BCUT2D eigenvalue weighted by Crippen LogP contribution is -2.34. The number of carbonyl (C=O) groups excluding carboxylic acids is 2. The fourth-order valence-electron chi connectivity index (χ4n) is 3.25. The normalized spacial score (nSPS) is 10.6. The number of halogens is 2. The van der Waals surface area contributed by atoms with Gasteiger partial charge in [0.1, 0.15) is 5.75 Å². The molecule has 0 spiro atoms. The van der Waals surface area contributed by atoms with Crippen LogP contribution < -0.4 is 26.4 Å². The molecule has 8 nitrogen and oxygen atoms in total. The van der Waals surface area contributed by atoms with E-state index < -0.39 is 0 Å². The molecule has 2 aromatic heterocycles. The summed E-state index contributed by atoms with van der Waals surface area (Å²) in [4.78, 5) is 38.3. The topological polar surface area (TPSA) is 101 Å². The van der Waals surface area contributed by atoms with Crippen molar-refractivity contribution in [2.45, 2.75) is 33.4 Å². The molecule has 0 atom stereocenters. The van der Waals surface area contributed by atoms with Gasteiger partial charge < -0.3 is 20.8 Å². The zero-order chi connectivity index (χ0) is 25.4. The second-order valence-corrected chi connectivity index (χ2v) is 9.88. The number of nitrogens with zero attached hydrogens (tertiary/aromatic N) is 1. The van der Waals surface area contributed by atoms with Gasteiger partial charge in [-0.05, 0) is 55.8 Å². The molecule has 1 aromatic carbocycles. The van der Waals surface area contributed by atoms with Gasteiger partial charge in [0, 0.05) is 40.3 Å². The molecule has 0 saturated heterocycles. The summed E-state index contributed by atoms with van der Waals surface area (Å²) in [6.45, 7) is 4.52. The van der Waals surface area contributed by atoms with Crippen LogP contribution in [0.3, 0.4) is 0 Å². The lowest BCUT2D eigenvalue weighted by atomic mass is 10.1. The molecule has 0 fully saturated rings. The number of thiophene rings is 1. The van der Waals surface area contributed by atoms with Crippen molar-refractivity contribution in [2.24, 2.45) is 0 Å². The molecule has 3 rings (SSSR count). The Kier molecular flexibility index (Phi) is 9.59. The third-order valence-electron chi connectivity index (χ3n) is 5.05. The van der Waals surface area contributed by atoms with Crippen LogP contribution in [0.15, 0.2) is 47.4 Å². The third-order valence-corrected chi connectivity index (χ3v) is 6.51. The van der Waals surface area contributed by atoms with E-state index in [4.69, 9.17) is 27.9 Å². The number of aryl methyl sites for hydroxylation is 1. The smallest absolute Gasteiger partial charge is 0.272 e. The van der Waals surface area contributed by atoms with Crippen molar-refractivity contribution in [1.82, 2.24) is 15.3 Å². The van der Waals surface area contributed by atoms with Crippen molar-refractivity contribution < 1.29 is 14.3 Å². The van der Waals surface area contributed by atoms with Crippen LogP contribution in [-0.4, -0.2) is 29.6 Å².